The van der Waals surface area contributed by atoms with Crippen molar-refractivity contribution in [2.75, 3.05) is 20.6 Å². The summed E-state index contributed by atoms with van der Waals surface area (Å²) in [4.78, 5) is 10.1. The highest BCUT2D eigenvalue weighted by atomic mass is 32.1. The summed E-state index contributed by atoms with van der Waals surface area (Å²) in [7, 11) is 3.76. The van der Waals surface area contributed by atoms with Gasteiger partial charge in [-0.2, -0.15) is 13.2 Å². The van der Waals surface area contributed by atoms with Crippen LogP contribution >= 0.6 is 11.3 Å². The number of benzene rings is 1. The molecule has 0 fully saturated rings. The molecule has 0 spiro atoms. The summed E-state index contributed by atoms with van der Waals surface area (Å²) < 4.78 is 37.9. The van der Waals surface area contributed by atoms with E-state index in [2.05, 4.69) is 58.5 Å². The number of nitrogens with one attached hydrogen (secondary N) is 2. The molecule has 2 rings (SSSR count). The van der Waals surface area contributed by atoms with E-state index in [1.165, 1.54) is 11.1 Å². The first-order valence-corrected chi connectivity index (χ1v) is 10.3. The Labute approximate surface area is 174 Å². The molecule has 29 heavy (non-hydrogen) atoms. The Morgan fingerprint density at radius 2 is 1.90 bits per heavy atom. The first kappa shape index (κ1) is 23.2. The summed E-state index contributed by atoms with van der Waals surface area (Å²) in [6.07, 6.45) is -3.99. The zero-order valence-corrected chi connectivity index (χ0v) is 18.0. The van der Waals surface area contributed by atoms with Crippen LogP contribution in [0, 0.1) is 0 Å². The van der Waals surface area contributed by atoms with E-state index in [0.29, 0.717) is 36.5 Å². The molecule has 1 aromatic carbocycles. The van der Waals surface area contributed by atoms with Gasteiger partial charge in [-0.25, -0.2) is 4.98 Å². The van der Waals surface area contributed by atoms with Crippen LogP contribution in [-0.2, 0) is 25.7 Å². The molecule has 0 saturated heterocycles. The fourth-order valence-corrected chi connectivity index (χ4v) is 3.38. The second kappa shape index (κ2) is 10.6. The molecule has 9 heteroatoms. The van der Waals surface area contributed by atoms with E-state index >= 15 is 0 Å². The topological polar surface area (TPSA) is 52.6 Å². The highest BCUT2D eigenvalue weighted by Gasteiger charge is 2.33. The second-order valence-electron chi connectivity index (χ2n) is 7.00. The first-order chi connectivity index (χ1) is 13.7. The van der Waals surface area contributed by atoms with Gasteiger partial charge in [0.15, 0.2) is 11.7 Å². The van der Waals surface area contributed by atoms with Crippen LogP contribution in [0.3, 0.4) is 0 Å². The van der Waals surface area contributed by atoms with Crippen LogP contribution in [0.1, 0.15) is 35.7 Å². The van der Waals surface area contributed by atoms with E-state index in [-0.39, 0.29) is 0 Å². The lowest BCUT2D eigenvalue weighted by molar-refractivity contribution is -0.140. The van der Waals surface area contributed by atoms with Crippen LogP contribution < -0.4 is 10.6 Å². The Balaban J connectivity index is 1.86. The van der Waals surface area contributed by atoms with E-state index in [0.717, 1.165) is 23.3 Å². The molecule has 0 aliphatic heterocycles. The van der Waals surface area contributed by atoms with Crippen molar-refractivity contribution in [2.45, 2.75) is 45.6 Å². The normalized spacial score (nSPS) is 12.7. The zero-order chi connectivity index (χ0) is 21.4. The molecule has 160 valence electrons. The molecule has 1 aromatic heterocycles. The number of rotatable bonds is 8. The van der Waals surface area contributed by atoms with Gasteiger partial charge in [0.2, 0.25) is 0 Å². The molecule has 2 aromatic rings. The maximum atomic E-state index is 12.6. The number of thiazole rings is 1. The third-order valence-electron chi connectivity index (χ3n) is 4.56. The highest BCUT2D eigenvalue weighted by molar-refractivity contribution is 7.09. The van der Waals surface area contributed by atoms with Crippen LogP contribution in [0.25, 0.3) is 0 Å². The van der Waals surface area contributed by atoms with Crippen molar-refractivity contribution in [3.8, 4) is 0 Å². The average molecular weight is 428 g/mol. The number of nitrogens with zero attached hydrogens (tertiary/aromatic N) is 3. The zero-order valence-electron chi connectivity index (χ0n) is 17.2. The fraction of sp³-hybridized carbons (Fsp3) is 0.500. The molecule has 0 bridgehead atoms. The van der Waals surface area contributed by atoms with Crippen molar-refractivity contribution in [3.05, 3.63) is 51.5 Å². The molecule has 0 aliphatic carbocycles. The first-order valence-electron chi connectivity index (χ1n) is 9.43. The highest BCUT2D eigenvalue weighted by Crippen LogP contribution is 2.30. The van der Waals surface area contributed by atoms with Crippen LogP contribution in [0.15, 0.2) is 34.6 Å². The molecule has 0 radical (unpaired) electrons. The van der Waals surface area contributed by atoms with Crippen LogP contribution in [0.2, 0.25) is 0 Å². The number of hydrogen-bond acceptors (Lipinski definition) is 4. The summed E-state index contributed by atoms with van der Waals surface area (Å²) in [5, 5.41) is 7.89. The van der Waals surface area contributed by atoms with Crippen LogP contribution in [0.5, 0.6) is 0 Å². The number of aromatic nitrogens is 1. The lowest BCUT2D eigenvalue weighted by atomic mass is 10.1. The van der Waals surface area contributed by atoms with E-state index < -0.39 is 11.9 Å². The van der Waals surface area contributed by atoms with Gasteiger partial charge in [-0.05, 0) is 32.0 Å². The van der Waals surface area contributed by atoms with Gasteiger partial charge in [0.25, 0.3) is 0 Å². The van der Waals surface area contributed by atoms with E-state index in [9.17, 15) is 13.2 Å². The van der Waals surface area contributed by atoms with Crippen molar-refractivity contribution < 1.29 is 13.2 Å². The Morgan fingerprint density at radius 1 is 1.21 bits per heavy atom. The van der Waals surface area contributed by atoms with Gasteiger partial charge >= 0.3 is 6.18 Å². The lowest BCUT2D eigenvalue weighted by Gasteiger charge is -2.23. The number of aliphatic imine (C=N–C) groups is 1. The molecular weight excluding hydrogens is 399 g/mol. The largest absolute Gasteiger partial charge is 0.434 e. The SMILES string of the molecule is CN=C(NCCc1nc(C(F)(F)F)cs1)NCc1ccccc1CN(C)C(C)C. The Morgan fingerprint density at radius 3 is 2.48 bits per heavy atom. The number of halogens is 3. The van der Waals surface area contributed by atoms with Crippen molar-refractivity contribution in [2.24, 2.45) is 4.99 Å². The maximum absolute atomic E-state index is 12.6. The number of guanidine groups is 1. The number of hydrogen-bond donors (Lipinski definition) is 2. The average Bonchev–Trinajstić information content (AvgIpc) is 3.15. The summed E-state index contributed by atoms with van der Waals surface area (Å²) >= 11 is 1.02. The monoisotopic (exact) mass is 427 g/mol. The van der Waals surface area contributed by atoms with Crippen LogP contribution in [-0.4, -0.2) is 42.5 Å². The summed E-state index contributed by atoms with van der Waals surface area (Å²) in [5.41, 5.74) is 1.59. The molecule has 0 unspecified atom stereocenters. The van der Waals surface area contributed by atoms with Gasteiger partial charge in [0, 0.05) is 44.5 Å². The van der Waals surface area contributed by atoms with Gasteiger partial charge in [0.05, 0.1) is 5.01 Å². The lowest BCUT2D eigenvalue weighted by Crippen LogP contribution is -2.38. The van der Waals surface area contributed by atoms with Crippen molar-refractivity contribution >= 4 is 17.3 Å². The maximum Gasteiger partial charge on any atom is 0.434 e. The summed E-state index contributed by atoms with van der Waals surface area (Å²) in [6, 6.07) is 8.69. The fourth-order valence-electron chi connectivity index (χ4n) is 2.58. The van der Waals surface area contributed by atoms with Crippen molar-refractivity contribution in [1.82, 2.24) is 20.5 Å². The van der Waals surface area contributed by atoms with Crippen LogP contribution in [0.4, 0.5) is 13.2 Å². The minimum atomic E-state index is -4.39. The van der Waals surface area contributed by atoms with Gasteiger partial charge in [0.1, 0.15) is 0 Å². The van der Waals surface area contributed by atoms with Crippen molar-refractivity contribution in [1.29, 1.82) is 0 Å². The van der Waals surface area contributed by atoms with E-state index in [4.69, 9.17) is 0 Å². The smallest absolute Gasteiger partial charge is 0.356 e. The second-order valence-corrected chi connectivity index (χ2v) is 7.95. The molecule has 5 nitrogen and oxygen atoms in total. The minimum Gasteiger partial charge on any atom is -0.356 e. The molecule has 0 saturated carbocycles. The van der Waals surface area contributed by atoms with E-state index in [1.807, 2.05) is 12.1 Å². The third kappa shape index (κ3) is 7.32. The Kier molecular flexibility index (Phi) is 8.45. The Hall–Kier alpha value is -2.13. The molecule has 2 N–H and O–H groups in total. The van der Waals surface area contributed by atoms with Gasteiger partial charge in [-0.3, -0.25) is 9.89 Å². The van der Waals surface area contributed by atoms with Crippen molar-refractivity contribution in [3.63, 3.8) is 0 Å². The summed E-state index contributed by atoms with van der Waals surface area (Å²) in [6.45, 7) is 6.23. The van der Waals surface area contributed by atoms with Gasteiger partial charge < -0.3 is 10.6 Å². The quantitative estimate of drug-likeness (QED) is 0.496. The molecule has 0 amide bonds. The third-order valence-corrected chi connectivity index (χ3v) is 5.47. The Bertz CT molecular complexity index is 801. The van der Waals surface area contributed by atoms with Gasteiger partial charge in [-0.15, -0.1) is 11.3 Å². The molecule has 0 atom stereocenters. The minimum absolute atomic E-state index is 0.400. The molecule has 0 aliphatic rings. The number of alkyl halides is 3. The molecular formula is C20H28F3N5S. The standard InChI is InChI=1S/C20H28F3N5S/c1-14(2)28(4)12-16-8-6-5-7-15(16)11-26-19(24-3)25-10-9-18-27-17(13-29-18)20(21,22)23/h5-8,13-14H,9-12H2,1-4H3,(H2,24,25,26). The van der Waals surface area contributed by atoms with E-state index in [1.54, 1.807) is 7.05 Å². The summed E-state index contributed by atoms with van der Waals surface area (Å²) in [5.74, 6) is 0.601. The predicted octanol–water partition coefficient (Wildman–Crippen LogP) is 3.91. The van der Waals surface area contributed by atoms with Gasteiger partial charge in [-0.1, -0.05) is 24.3 Å². The predicted molar refractivity (Wildman–Crippen MR) is 112 cm³/mol. The molecule has 1 heterocycles.